The molecule has 7 heteroatoms. The highest BCUT2D eigenvalue weighted by Crippen LogP contribution is 2.39. The van der Waals surface area contributed by atoms with Crippen LogP contribution in [-0.4, -0.2) is 33.8 Å². The highest BCUT2D eigenvalue weighted by atomic mass is 32.2. The predicted molar refractivity (Wildman–Crippen MR) is 136 cm³/mol. The molecule has 1 N–H and O–H groups in total. The van der Waals surface area contributed by atoms with Crippen molar-refractivity contribution >= 4 is 17.7 Å². The van der Waals surface area contributed by atoms with Gasteiger partial charge in [0.15, 0.2) is 11.0 Å². The topological polar surface area (TPSA) is 69.0 Å². The molecule has 0 fully saturated rings. The number of carbonyl (C=O) groups excluding carboxylic acids is 1. The first kappa shape index (κ1) is 23.6. The molecular weight excluding hydrogens is 444 g/mol. The van der Waals surface area contributed by atoms with Gasteiger partial charge in [-0.3, -0.25) is 9.36 Å². The zero-order valence-electron chi connectivity index (χ0n) is 19.7. The molecule has 6 nitrogen and oxygen atoms in total. The van der Waals surface area contributed by atoms with Gasteiger partial charge in [0.25, 0.3) is 0 Å². The molecule has 4 rings (SSSR count). The number of hydrogen-bond donors (Lipinski definition) is 1. The summed E-state index contributed by atoms with van der Waals surface area (Å²) in [5.41, 5.74) is 3.80. The number of ether oxygens (including phenoxy) is 1. The second kappa shape index (κ2) is 10.6. The van der Waals surface area contributed by atoms with Crippen molar-refractivity contribution in [1.29, 1.82) is 0 Å². The molecule has 0 bridgehead atoms. The maximum atomic E-state index is 13.2. The third-order valence-corrected chi connectivity index (χ3v) is 6.47. The first-order chi connectivity index (χ1) is 16.5. The normalized spacial score (nSPS) is 11.9. The Labute approximate surface area is 204 Å². The number of para-hydroxylation sites is 1. The Morgan fingerprint density at radius 3 is 2.29 bits per heavy atom. The fourth-order valence-corrected chi connectivity index (χ4v) is 4.71. The van der Waals surface area contributed by atoms with E-state index in [0.29, 0.717) is 16.7 Å². The van der Waals surface area contributed by atoms with Crippen LogP contribution in [0.15, 0.2) is 84.0 Å². The molecule has 1 aromatic heterocycles. The summed E-state index contributed by atoms with van der Waals surface area (Å²) in [6.07, 6.45) is 0. The van der Waals surface area contributed by atoms with Gasteiger partial charge in [-0.2, -0.15) is 0 Å². The molecule has 4 aromatic rings. The lowest BCUT2D eigenvalue weighted by Crippen LogP contribution is -2.33. The molecule has 34 heavy (non-hydrogen) atoms. The Hall–Kier alpha value is -3.58. The second-order valence-corrected chi connectivity index (χ2v) is 9.32. The summed E-state index contributed by atoms with van der Waals surface area (Å²) in [5, 5.41) is 12.3. The Morgan fingerprint density at radius 2 is 1.62 bits per heavy atom. The SMILES string of the molecule is COc1ccccc1-c1nnc(SC(C(=O)NC(C)C)c2ccccc2)n1-c1ccc(C)cc1. The van der Waals surface area contributed by atoms with Crippen LogP contribution in [0.25, 0.3) is 17.1 Å². The maximum absolute atomic E-state index is 13.2. The minimum atomic E-state index is -0.484. The van der Waals surface area contributed by atoms with Crippen LogP contribution in [0.4, 0.5) is 0 Å². The number of thioether (sulfide) groups is 1. The van der Waals surface area contributed by atoms with Crippen LogP contribution in [0.1, 0.15) is 30.2 Å². The van der Waals surface area contributed by atoms with Gasteiger partial charge < -0.3 is 10.1 Å². The summed E-state index contributed by atoms with van der Waals surface area (Å²) < 4.78 is 7.59. The van der Waals surface area contributed by atoms with Crippen molar-refractivity contribution in [2.75, 3.05) is 7.11 Å². The van der Waals surface area contributed by atoms with Gasteiger partial charge in [-0.05, 0) is 50.6 Å². The molecule has 174 valence electrons. The Bertz CT molecular complexity index is 1250. The average molecular weight is 473 g/mol. The van der Waals surface area contributed by atoms with Crippen molar-refractivity contribution < 1.29 is 9.53 Å². The summed E-state index contributed by atoms with van der Waals surface area (Å²) >= 11 is 1.38. The van der Waals surface area contributed by atoms with Crippen LogP contribution in [0.2, 0.25) is 0 Å². The molecule has 0 radical (unpaired) electrons. The van der Waals surface area contributed by atoms with E-state index in [1.807, 2.05) is 85.1 Å². The van der Waals surface area contributed by atoms with Gasteiger partial charge in [0, 0.05) is 11.7 Å². The van der Waals surface area contributed by atoms with Crippen molar-refractivity contribution in [3.8, 4) is 22.8 Å². The van der Waals surface area contributed by atoms with E-state index in [4.69, 9.17) is 4.74 Å². The van der Waals surface area contributed by atoms with E-state index in [2.05, 4.69) is 34.6 Å². The zero-order chi connectivity index (χ0) is 24.1. The number of carbonyl (C=O) groups is 1. The first-order valence-electron chi connectivity index (χ1n) is 11.2. The third kappa shape index (κ3) is 5.15. The van der Waals surface area contributed by atoms with Gasteiger partial charge >= 0.3 is 0 Å². The third-order valence-electron chi connectivity index (χ3n) is 5.27. The van der Waals surface area contributed by atoms with Crippen LogP contribution in [0, 0.1) is 6.92 Å². The predicted octanol–water partition coefficient (Wildman–Crippen LogP) is 5.61. The standard InChI is InChI=1S/C27H28N4O2S/c1-18(2)28-26(32)24(20-10-6-5-7-11-20)34-27-30-29-25(22-12-8-9-13-23(22)33-4)31(27)21-16-14-19(3)15-17-21/h5-18,24H,1-4H3,(H,28,32). The minimum Gasteiger partial charge on any atom is -0.496 e. The number of aryl methyl sites for hydroxylation is 1. The molecule has 0 aliphatic rings. The van der Waals surface area contributed by atoms with E-state index in [0.717, 1.165) is 22.4 Å². The van der Waals surface area contributed by atoms with Gasteiger partial charge in [-0.1, -0.05) is 71.9 Å². The van der Waals surface area contributed by atoms with Crippen molar-refractivity contribution in [2.24, 2.45) is 0 Å². The highest BCUT2D eigenvalue weighted by molar-refractivity contribution is 8.00. The van der Waals surface area contributed by atoms with Crippen molar-refractivity contribution in [1.82, 2.24) is 20.1 Å². The van der Waals surface area contributed by atoms with Gasteiger partial charge in [-0.25, -0.2) is 0 Å². The fourth-order valence-electron chi connectivity index (χ4n) is 3.64. The molecule has 1 atom stereocenters. The summed E-state index contributed by atoms with van der Waals surface area (Å²) in [4.78, 5) is 13.2. The zero-order valence-corrected chi connectivity index (χ0v) is 20.5. The summed E-state index contributed by atoms with van der Waals surface area (Å²) in [6, 6.07) is 25.7. The number of hydrogen-bond acceptors (Lipinski definition) is 5. The molecule has 0 saturated carbocycles. The van der Waals surface area contributed by atoms with Crippen molar-refractivity contribution in [2.45, 2.75) is 37.2 Å². The van der Waals surface area contributed by atoms with Gasteiger partial charge in [-0.15, -0.1) is 10.2 Å². The van der Waals surface area contributed by atoms with E-state index < -0.39 is 5.25 Å². The summed E-state index contributed by atoms with van der Waals surface area (Å²) in [6.45, 7) is 5.97. The molecule has 0 spiro atoms. The molecular formula is C27H28N4O2S. The molecule has 3 aromatic carbocycles. The lowest BCUT2D eigenvalue weighted by atomic mass is 10.1. The second-order valence-electron chi connectivity index (χ2n) is 8.25. The molecule has 1 heterocycles. The molecule has 0 aliphatic heterocycles. The van der Waals surface area contributed by atoms with Crippen molar-refractivity contribution in [3.05, 3.63) is 90.0 Å². The maximum Gasteiger partial charge on any atom is 0.238 e. The van der Waals surface area contributed by atoms with E-state index in [1.54, 1.807) is 7.11 Å². The van der Waals surface area contributed by atoms with E-state index in [1.165, 1.54) is 11.8 Å². The number of amides is 1. The summed E-state index contributed by atoms with van der Waals surface area (Å²) in [7, 11) is 1.64. The minimum absolute atomic E-state index is 0.0263. The van der Waals surface area contributed by atoms with E-state index in [-0.39, 0.29) is 11.9 Å². The summed E-state index contributed by atoms with van der Waals surface area (Å²) in [5.74, 6) is 1.29. The Morgan fingerprint density at radius 1 is 0.941 bits per heavy atom. The lowest BCUT2D eigenvalue weighted by Gasteiger charge is -2.19. The van der Waals surface area contributed by atoms with Crippen LogP contribution in [-0.2, 0) is 4.79 Å². The largest absolute Gasteiger partial charge is 0.496 e. The smallest absolute Gasteiger partial charge is 0.238 e. The number of aromatic nitrogens is 3. The molecule has 1 unspecified atom stereocenters. The van der Waals surface area contributed by atoms with Crippen LogP contribution in [0.3, 0.4) is 0 Å². The van der Waals surface area contributed by atoms with Crippen LogP contribution < -0.4 is 10.1 Å². The fraction of sp³-hybridized carbons (Fsp3) is 0.222. The monoisotopic (exact) mass is 472 g/mol. The average Bonchev–Trinajstić information content (AvgIpc) is 3.26. The van der Waals surface area contributed by atoms with E-state index in [9.17, 15) is 4.79 Å². The first-order valence-corrected chi connectivity index (χ1v) is 12.0. The molecule has 0 aliphatic carbocycles. The Kier molecular flexibility index (Phi) is 7.33. The van der Waals surface area contributed by atoms with Gasteiger partial charge in [0.1, 0.15) is 11.0 Å². The van der Waals surface area contributed by atoms with Crippen molar-refractivity contribution in [3.63, 3.8) is 0 Å². The number of nitrogens with one attached hydrogen (secondary N) is 1. The molecule has 0 saturated heterocycles. The quantitative estimate of drug-likeness (QED) is 0.338. The van der Waals surface area contributed by atoms with Crippen LogP contribution >= 0.6 is 11.8 Å². The highest BCUT2D eigenvalue weighted by Gasteiger charge is 2.27. The van der Waals surface area contributed by atoms with Crippen LogP contribution in [0.5, 0.6) is 5.75 Å². The number of benzene rings is 3. The number of nitrogens with zero attached hydrogens (tertiary/aromatic N) is 3. The Balaban J connectivity index is 1.84. The number of methoxy groups -OCH3 is 1. The molecule has 1 amide bonds. The van der Waals surface area contributed by atoms with E-state index >= 15 is 0 Å². The van der Waals surface area contributed by atoms with Gasteiger partial charge in [0.05, 0.1) is 12.7 Å². The van der Waals surface area contributed by atoms with Gasteiger partial charge in [0.2, 0.25) is 5.91 Å². The number of rotatable bonds is 8. The lowest BCUT2D eigenvalue weighted by molar-refractivity contribution is -0.121.